The Bertz CT molecular complexity index is 675. The van der Waals surface area contributed by atoms with E-state index in [1.54, 1.807) is 30.9 Å². The summed E-state index contributed by atoms with van der Waals surface area (Å²) in [7, 11) is 0. The summed E-state index contributed by atoms with van der Waals surface area (Å²) in [5.41, 5.74) is 1.02. The maximum Gasteiger partial charge on any atom is 0.339 e. The van der Waals surface area contributed by atoms with Gasteiger partial charge in [-0.3, -0.25) is 4.79 Å². The van der Waals surface area contributed by atoms with Gasteiger partial charge in [0.05, 0.1) is 25.2 Å². The van der Waals surface area contributed by atoms with Crippen LogP contribution in [0.15, 0.2) is 55.6 Å². The average Bonchev–Trinajstić information content (AvgIpc) is 2.74. The number of hydrogen-bond acceptors (Lipinski definition) is 3. The summed E-state index contributed by atoms with van der Waals surface area (Å²) in [4.78, 5) is 27.5. The van der Waals surface area contributed by atoms with Crippen LogP contribution in [-0.2, 0) is 11.2 Å². The summed E-state index contributed by atoms with van der Waals surface area (Å²) in [6, 6.07) is 8.91. The molecule has 0 aromatic heterocycles. The first-order valence-corrected chi connectivity index (χ1v) is 9.23. The SMILES string of the molecule is C=CCN1C(=O)N(CC=C)N(C(=O)C(C)C)C[C@@H](O)[C@H]1Cc1ccccc1. The lowest BCUT2D eigenvalue weighted by Gasteiger charge is -2.35. The van der Waals surface area contributed by atoms with Crippen molar-refractivity contribution in [3.05, 3.63) is 61.2 Å². The molecule has 1 fully saturated rings. The van der Waals surface area contributed by atoms with Crippen molar-refractivity contribution in [1.82, 2.24) is 14.9 Å². The van der Waals surface area contributed by atoms with E-state index in [0.717, 1.165) is 5.56 Å². The Labute approximate surface area is 161 Å². The van der Waals surface area contributed by atoms with Gasteiger partial charge >= 0.3 is 6.03 Å². The van der Waals surface area contributed by atoms with E-state index in [0.29, 0.717) is 6.42 Å². The van der Waals surface area contributed by atoms with Gasteiger partial charge in [0.25, 0.3) is 0 Å². The second kappa shape index (κ2) is 9.37. The molecule has 6 nitrogen and oxygen atoms in total. The predicted molar refractivity (Wildman–Crippen MR) is 106 cm³/mol. The van der Waals surface area contributed by atoms with Gasteiger partial charge in [-0.15, -0.1) is 13.2 Å². The lowest BCUT2D eigenvalue weighted by atomic mass is 9.99. The highest BCUT2D eigenvalue weighted by Gasteiger charge is 2.41. The monoisotopic (exact) mass is 371 g/mol. The minimum absolute atomic E-state index is 0.0573. The van der Waals surface area contributed by atoms with E-state index in [2.05, 4.69) is 13.2 Å². The predicted octanol–water partition coefficient (Wildman–Crippen LogP) is 2.47. The molecule has 0 saturated carbocycles. The molecule has 6 heteroatoms. The number of urea groups is 1. The van der Waals surface area contributed by atoms with Crippen molar-refractivity contribution in [3.63, 3.8) is 0 Å². The number of hydrogen-bond donors (Lipinski definition) is 1. The van der Waals surface area contributed by atoms with Crippen LogP contribution < -0.4 is 0 Å². The number of amides is 3. The van der Waals surface area contributed by atoms with Gasteiger partial charge in [-0.05, 0) is 12.0 Å². The standard InChI is InChI=1S/C21H29N3O3/c1-5-12-22-18(14-17-10-8-7-9-11-17)19(25)15-24(20(26)16(3)4)23(13-6-2)21(22)27/h5-11,16,18-19,25H,1-2,12-15H2,3-4H3/t18-,19-/m1/s1. The zero-order chi connectivity index (χ0) is 20.0. The van der Waals surface area contributed by atoms with Gasteiger partial charge in [-0.25, -0.2) is 14.8 Å². The van der Waals surface area contributed by atoms with Gasteiger partial charge in [0.1, 0.15) is 0 Å². The molecule has 146 valence electrons. The Morgan fingerprint density at radius 3 is 2.41 bits per heavy atom. The number of β-amino-alcohol motifs (C(OH)–C–C–N with tert-alkyl or cyclic N) is 1. The maximum atomic E-state index is 13.3. The van der Waals surface area contributed by atoms with Crippen LogP contribution in [-0.4, -0.2) is 63.7 Å². The van der Waals surface area contributed by atoms with Crippen LogP contribution in [0.25, 0.3) is 0 Å². The number of aliphatic hydroxyl groups excluding tert-OH is 1. The Hall–Kier alpha value is -2.60. The van der Waals surface area contributed by atoms with Gasteiger partial charge in [0, 0.05) is 12.5 Å². The first-order chi connectivity index (χ1) is 12.9. The first kappa shape index (κ1) is 20.7. The van der Waals surface area contributed by atoms with Crippen LogP contribution in [0.4, 0.5) is 4.79 Å². The van der Waals surface area contributed by atoms with Crippen molar-refractivity contribution in [3.8, 4) is 0 Å². The highest BCUT2D eigenvalue weighted by atomic mass is 16.3. The number of aliphatic hydroxyl groups is 1. The van der Waals surface area contributed by atoms with E-state index in [1.165, 1.54) is 10.0 Å². The number of nitrogens with zero attached hydrogens (tertiary/aromatic N) is 3. The smallest absolute Gasteiger partial charge is 0.339 e. The summed E-state index contributed by atoms with van der Waals surface area (Å²) < 4.78 is 0. The van der Waals surface area contributed by atoms with Crippen LogP contribution >= 0.6 is 0 Å². The van der Waals surface area contributed by atoms with Crippen LogP contribution in [0.1, 0.15) is 19.4 Å². The summed E-state index contributed by atoms with van der Waals surface area (Å²) in [6.45, 7) is 11.5. The molecular weight excluding hydrogens is 342 g/mol. The molecule has 1 saturated heterocycles. The zero-order valence-electron chi connectivity index (χ0n) is 16.1. The van der Waals surface area contributed by atoms with Crippen molar-refractivity contribution in [2.24, 2.45) is 5.92 Å². The van der Waals surface area contributed by atoms with Crippen molar-refractivity contribution >= 4 is 11.9 Å². The molecule has 2 atom stereocenters. The fourth-order valence-corrected chi connectivity index (χ4v) is 3.26. The van der Waals surface area contributed by atoms with E-state index in [4.69, 9.17) is 0 Å². The molecule has 1 N–H and O–H groups in total. The summed E-state index contributed by atoms with van der Waals surface area (Å²) >= 11 is 0. The van der Waals surface area contributed by atoms with Crippen molar-refractivity contribution in [2.75, 3.05) is 19.6 Å². The van der Waals surface area contributed by atoms with Gasteiger partial charge in [0.2, 0.25) is 5.91 Å². The Morgan fingerprint density at radius 1 is 1.22 bits per heavy atom. The normalized spacial score (nSPS) is 20.6. The molecule has 3 amide bonds. The Morgan fingerprint density at radius 2 is 1.85 bits per heavy atom. The highest BCUT2D eigenvalue weighted by molar-refractivity contribution is 5.83. The summed E-state index contributed by atoms with van der Waals surface area (Å²) in [5.74, 6) is -0.501. The summed E-state index contributed by atoms with van der Waals surface area (Å²) in [6.07, 6.45) is 2.82. The third-order valence-corrected chi connectivity index (χ3v) is 4.63. The van der Waals surface area contributed by atoms with Crippen molar-refractivity contribution in [2.45, 2.75) is 32.4 Å². The third kappa shape index (κ3) is 4.77. The number of carbonyl (C=O) groups excluding carboxylic acids is 2. The van der Waals surface area contributed by atoms with Gasteiger partial charge in [-0.2, -0.15) is 0 Å². The van der Waals surface area contributed by atoms with Gasteiger partial charge < -0.3 is 10.0 Å². The molecule has 0 unspecified atom stereocenters. The largest absolute Gasteiger partial charge is 0.389 e. The molecule has 1 aliphatic rings. The van der Waals surface area contributed by atoms with Crippen LogP contribution in [0.2, 0.25) is 0 Å². The van der Waals surface area contributed by atoms with E-state index in [9.17, 15) is 14.7 Å². The number of rotatable bonds is 7. The Kier molecular flexibility index (Phi) is 7.19. The van der Waals surface area contributed by atoms with E-state index >= 15 is 0 Å². The molecule has 1 aliphatic heterocycles. The van der Waals surface area contributed by atoms with Gasteiger partial charge in [0.15, 0.2) is 0 Å². The third-order valence-electron chi connectivity index (χ3n) is 4.63. The maximum absolute atomic E-state index is 13.3. The molecule has 0 radical (unpaired) electrons. The number of hydrazine groups is 1. The highest BCUT2D eigenvalue weighted by Crippen LogP contribution is 2.22. The fourth-order valence-electron chi connectivity index (χ4n) is 3.26. The topological polar surface area (TPSA) is 64.1 Å². The average molecular weight is 371 g/mol. The van der Waals surface area contributed by atoms with E-state index in [-0.39, 0.29) is 37.5 Å². The molecule has 0 bridgehead atoms. The molecule has 1 aromatic carbocycles. The van der Waals surface area contributed by atoms with Crippen molar-refractivity contribution < 1.29 is 14.7 Å². The minimum Gasteiger partial charge on any atom is -0.389 e. The molecule has 0 spiro atoms. The van der Waals surface area contributed by atoms with Crippen LogP contribution in [0, 0.1) is 5.92 Å². The molecule has 0 aliphatic carbocycles. The van der Waals surface area contributed by atoms with Gasteiger partial charge in [-0.1, -0.05) is 56.3 Å². The van der Waals surface area contributed by atoms with Crippen molar-refractivity contribution in [1.29, 1.82) is 0 Å². The fraction of sp³-hybridized carbons (Fsp3) is 0.429. The zero-order valence-corrected chi connectivity index (χ0v) is 16.1. The summed E-state index contributed by atoms with van der Waals surface area (Å²) in [5, 5.41) is 13.7. The lowest BCUT2D eigenvalue weighted by Crippen LogP contribution is -2.54. The molecule has 27 heavy (non-hydrogen) atoms. The second-order valence-electron chi connectivity index (χ2n) is 6.99. The Balaban J connectivity index is 2.42. The molecule has 1 heterocycles. The van der Waals surface area contributed by atoms with E-state index < -0.39 is 12.1 Å². The second-order valence-corrected chi connectivity index (χ2v) is 6.99. The molecule has 1 aromatic rings. The number of benzene rings is 1. The quantitative estimate of drug-likeness (QED) is 0.749. The molecule has 2 rings (SSSR count). The molecular formula is C21H29N3O3. The van der Waals surface area contributed by atoms with Crippen LogP contribution in [0.5, 0.6) is 0 Å². The van der Waals surface area contributed by atoms with Crippen LogP contribution in [0.3, 0.4) is 0 Å². The lowest BCUT2D eigenvalue weighted by molar-refractivity contribution is -0.149. The minimum atomic E-state index is -0.883. The van der Waals surface area contributed by atoms with E-state index in [1.807, 2.05) is 30.3 Å². The number of carbonyl (C=O) groups is 2. The first-order valence-electron chi connectivity index (χ1n) is 9.23.